The van der Waals surface area contributed by atoms with Gasteiger partial charge in [-0.1, -0.05) is 41.1 Å². The van der Waals surface area contributed by atoms with Gasteiger partial charge in [-0.25, -0.2) is 13.2 Å². The van der Waals surface area contributed by atoms with Crippen LogP contribution in [0.15, 0.2) is 64.0 Å². The number of sulfonamides is 1. The summed E-state index contributed by atoms with van der Waals surface area (Å²) >= 11 is 0. The Morgan fingerprint density at radius 3 is 2.15 bits per heavy atom. The third-order valence-electron chi connectivity index (χ3n) is 7.45. The summed E-state index contributed by atoms with van der Waals surface area (Å²) in [5, 5.41) is 6.68. The Morgan fingerprint density at radius 1 is 0.875 bits per heavy atom. The fraction of sp³-hybridized carbons (Fsp3) is 0.393. The van der Waals surface area contributed by atoms with Crippen molar-refractivity contribution in [3.63, 3.8) is 0 Å². The molecule has 0 saturated carbocycles. The molecule has 1 atom stereocenters. The summed E-state index contributed by atoms with van der Waals surface area (Å²) in [6, 6.07) is 15.9. The second kappa shape index (κ2) is 11.3. The molecular formula is C28H34N6O5S. The molecule has 1 aromatic heterocycles. The molecule has 1 N–H and O–H groups in total. The SMILES string of the molecule is Cc1ccc(NC(=O)N2CCN(S(=O)(=O)c3c(C)noc3C)C(C(=O)N3CCN(c4ccccc4)CC3)C2)cc1. The van der Waals surface area contributed by atoms with Gasteiger partial charge in [0, 0.05) is 57.2 Å². The van der Waals surface area contributed by atoms with Gasteiger partial charge in [-0.3, -0.25) is 4.79 Å². The number of amides is 3. The molecule has 2 fully saturated rings. The van der Waals surface area contributed by atoms with Crippen LogP contribution in [0, 0.1) is 20.8 Å². The van der Waals surface area contributed by atoms with Gasteiger partial charge in [-0.2, -0.15) is 4.31 Å². The van der Waals surface area contributed by atoms with Crippen molar-refractivity contribution in [2.24, 2.45) is 0 Å². The van der Waals surface area contributed by atoms with E-state index < -0.39 is 16.1 Å². The fourth-order valence-corrected chi connectivity index (χ4v) is 7.13. The minimum absolute atomic E-state index is 0.0308. The highest BCUT2D eigenvalue weighted by Crippen LogP contribution is 2.28. The molecule has 5 rings (SSSR count). The second-order valence-electron chi connectivity index (χ2n) is 10.2. The zero-order valence-corrected chi connectivity index (χ0v) is 23.7. The summed E-state index contributed by atoms with van der Waals surface area (Å²) in [5.41, 5.74) is 3.00. The molecule has 0 bridgehead atoms. The van der Waals surface area contributed by atoms with Gasteiger partial charge in [0.05, 0.1) is 0 Å². The quantitative estimate of drug-likeness (QED) is 0.504. The van der Waals surface area contributed by atoms with Crippen LogP contribution in [-0.2, 0) is 14.8 Å². The molecule has 212 valence electrons. The highest BCUT2D eigenvalue weighted by Gasteiger charge is 2.45. The molecule has 2 aromatic carbocycles. The predicted octanol–water partition coefficient (Wildman–Crippen LogP) is 2.86. The average molecular weight is 567 g/mol. The molecular weight excluding hydrogens is 532 g/mol. The number of carbonyl (C=O) groups excluding carboxylic acids is 2. The first-order chi connectivity index (χ1) is 19.1. The van der Waals surface area contributed by atoms with Crippen LogP contribution in [-0.4, -0.2) is 91.5 Å². The third-order valence-corrected chi connectivity index (χ3v) is 9.61. The van der Waals surface area contributed by atoms with E-state index in [1.807, 2.05) is 49.4 Å². The van der Waals surface area contributed by atoms with Crippen LogP contribution in [0.3, 0.4) is 0 Å². The lowest BCUT2D eigenvalue weighted by Gasteiger charge is -2.43. The maximum atomic E-state index is 14.0. The summed E-state index contributed by atoms with van der Waals surface area (Å²) in [4.78, 5) is 32.5. The first kappa shape index (κ1) is 27.7. The molecule has 11 nitrogen and oxygen atoms in total. The molecule has 2 saturated heterocycles. The first-order valence-corrected chi connectivity index (χ1v) is 14.8. The number of benzene rings is 2. The zero-order chi connectivity index (χ0) is 28.4. The molecule has 3 heterocycles. The Labute approximate surface area is 234 Å². The van der Waals surface area contributed by atoms with Crippen LogP contribution in [0.2, 0.25) is 0 Å². The highest BCUT2D eigenvalue weighted by molar-refractivity contribution is 7.89. The third kappa shape index (κ3) is 5.54. The minimum Gasteiger partial charge on any atom is -0.368 e. The second-order valence-corrected chi connectivity index (χ2v) is 12.0. The first-order valence-electron chi connectivity index (χ1n) is 13.3. The molecule has 0 spiro atoms. The molecule has 0 aliphatic carbocycles. The highest BCUT2D eigenvalue weighted by atomic mass is 32.2. The molecule has 2 aliphatic rings. The van der Waals surface area contributed by atoms with Gasteiger partial charge in [0.25, 0.3) is 0 Å². The van der Waals surface area contributed by atoms with Crippen molar-refractivity contribution in [3.05, 3.63) is 71.6 Å². The number of rotatable bonds is 5. The van der Waals surface area contributed by atoms with Crippen molar-refractivity contribution < 1.29 is 22.5 Å². The molecule has 3 amide bonds. The van der Waals surface area contributed by atoms with E-state index in [4.69, 9.17) is 4.52 Å². The molecule has 40 heavy (non-hydrogen) atoms. The van der Waals surface area contributed by atoms with E-state index in [1.54, 1.807) is 24.0 Å². The van der Waals surface area contributed by atoms with Gasteiger partial charge in [-0.05, 0) is 45.0 Å². The van der Waals surface area contributed by atoms with E-state index in [0.29, 0.717) is 31.9 Å². The van der Waals surface area contributed by atoms with Crippen molar-refractivity contribution >= 4 is 33.3 Å². The van der Waals surface area contributed by atoms with Crippen LogP contribution in [0.25, 0.3) is 0 Å². The summed E-state index contributed by atoms with van der Waals surface area (Å²) in [6.07, 6.45) is 0. The van der Waals surface area contributed by atoms with Gasteiger partial charge in [0.1, 0.15) is 16.6 Å². The van der Waals surface area contributed by atoms with Gasteiger partial charge in [-0.15, -0.1) is 0 Å². The van der Waals surface area contributed by atoms with Crippen molar-refractivity contribution in [3.8, 4) is 0 Å². The van der Waals surface area contributed by atoms with Gasteiger partial charge in [0.15, 0.2) is 5.76 Å². The van der Waals surface area contributed by atoms with Crippen LogP contribution in [0.5, 0.6) is 0 Å². The molecule has 2 aliphatic heterocycles. The topological polar surface area (TPSA) is 119 Å². The molecule has 3 aromatic rings. The van der Waals surface area contributed by atoms with Crippen molar-refractivity contribution in [2.75, 3.05) is 56.0 Å². The number of hydrogen-bond donors (Lipinski definition) is 1. The number of para-hydroxylation sites is 1. The smallest absolute Gasteiger partial charge is 0.321 e. The maximum Gasteiger partial charge on any atom is 0.321 e. The van der Waals surface area contributed by atoms with Crippen LogP contribution in [0.1, 0.15) is 17.0 Å². The number of anilines is 2. The lowest BCUT2D eigenvalue weighted by atomic mass is 10.1. The van der Waals surface area contributed by atoms with Gasteiger partial charge >= 0.3 is 6.03 Å². The monoisotopic (exact) mass is 566 g/mol. The summed E-state index contributed by atoms with van der Waals surface area (Å²) < 4.78 is 34.1. The standard InChI is InChI=1S/C28H34N6O5S/c1-20-9-11-23(12-10-20)29-28(36)33-17-18-34(40(37,38)26-21(2)30-39-22(26)3)25(19-33)27(35)32-15-13-31(14-16-32)24-7-5-4-6-8-24/h4-12,25H,13-19H2,1-3H3,(H,29,36). The minimum atomic E-state index is -4.12. The summed E-state index contributed by atoms with van der Waals surface area (Å²) in [5.74, 6) is -0.157. The normalized spacial score (nSPS) is 18.6. The number of hydrogen-bond acceptors (Lipinski definition) is 7. The van der Waals surface area contributed by atoms with Crippen LogP contribution >= 0.6 is 0 Å². The molecule has 1 unspecified atom stereocenters. The van der Waals surface area contributed by atoms with E-state index in [-0.39, 0.29) is 47.9 Å². The summed E-state index contributed by atoms with van der Waals surface area (Å²) in [6.45, 7) is 7.22. The number of aromatic nitrogens is 1. The van der Waals surface area contributed by atoms with Gasteiger partial charge in [0.2, 0.25) is 15.9 Å². The van der Waals surface area contributed by atoms with E-state index in [0.717, 1.165) is 11.3 Å². The fourth-order valence-electron chi connectivity index (χ4n) is 5.27. The maximum absolute atomic E-state index is 14.0. The predicted molar refractivity (Wildman–Crippen MR) is 151 cm³/mol. The Balaban J connectivity index is 1.37. The van der Waals surface area contributed by atoms with Crippen LogP contribution in [0.4, 0.5) is 16.2 Å². The Hall–Kier alpha value is -3.90. The number of urea groups is 1. The van der Waals surface area contributed by atoms with Crippen molar-refractivity contribution in [1.29, 1.82) is 0 Å². The lowest BCUT2D eigenvalue weighted by molar-refractivity contribution is -0.137. The summed E-state index contributed by atoms with van der Waals surface area (Å²) in [7, 11) is -4.12. The number of nitrogens with one attached hydrogen (secondary N) is 1. The number of aryl methyl sites for hydroxylation is 3. The van der Waals surface area contributed by atoms with E-state index in [2.05, 4.69) is 15.4 Å². The zero-order valence-electron chi connectivity index (χ0n) is 22.9. The van der Waals surface area contributed by atoms with Crippen LogP contribution < -0.4 is 10.2 Å². The Kier molecular flexibility index (Phi) is 7.81. The largest absolute Gasteiger partial charge is 0.368 e. The Bertz CT molecular complexity index is 1450. The molecule has 12 heteroatoms. The van der Waals surface area contributed by atoms with E-state index >= 15 is 0 Å². The Morgan fingerprint density at radius 2 is 1.52 bits per heavy atom. The average Bonchev–Trinajstić information content (AvgIpc) is 3.32. The van der Waals surface area contributed by atoms with E-state index in [9.17, 15) is 18.0 Å². The molecule has 0 radical (unpaired) electrons. The number of nitrogens with zero attached hydrogens (tertiary/aromatic N) is 5. The van der Waals surface area contributed by atoms with E-state index in [1.165, 1.54) is 16.1 Å². The van der Waals surface area contributed by atoms with Crippen molar-refractivity contribution in [2.45, 2.75) is 31.7 Å². The number of carbonyl (C=O) groups is 2. The van der Waals surface area contributed by atoms with Crippen molar-refractivity contribution in [1.82, 2.24) is 19.3 Å². The number of piperazine rings is 2. The van der Waals surface area contributed by atoms with Gasteiger partial charge < -0.3 is 24.5 Å². The lowest BCUT2D eigenvalue weighted by Crippen LogP contribution is -2.63.